The quantitative estimate of drug-likeness (QED) is 0.555. The number of carboxylic acid groups (broad SMARTS) is 1. The van der Waals surface area contributed by atoms with Gasteiger partial charge in [0.25, 0.3) is 0 Å². The first-order chi connectivity index (χ1) is 8.03. The molecule has 1 heterocycles. The number of carboxylic acids is 1. The highest BCUT2D eigenvalue weighted by atomic mass is 16.6. The minimum Gasteiger partial charge on any atom is -0.479 e. The number of ketones is 1. The molecule has 4 atom stereocenters. The minimum absolute atomic E-state index is 0.148. The Morgan fingerprint density at radius 2 is 2.35 bits per heavy atom. The second kappa shape index (κ2) is 4.23. The minimum atomic E-state index is -1.76. The van der Waals surface area contributed by atoms with E-state index in [1.807, 2.05) is 0 Å². The number of aliphatic hydroxyl groups is 1. The first-order valence-corrected chi connectivity index (χ1v) is 5.83. The van der Waals surface area contributed by atoms with Crippen molar-refractivity contribution in [2.45, 2.75) is 44.0 Å². The van der Waals surface area contributed by atoms with Crippen molar-refractivity contribution in [1.82, 2.24) is 0 Å². The van der Waals surface area contributed by atoms with E-state index in [0.29, 0.717) is 12.8 Å². The molecule has 2 rings (SSSR count). The summed E-state index contributed by atoms with van der Waals surface area (Å²) in [6.07, 6.45) is 2.93. The molecule has 17 heavy (non-hydrogen) atoms. The second-order valence-electron chi connectivity index (χ2n) is 4.59. The van der Waals surface area contributed by atoms with Crippen LogP contribution >= 0.6 is 0 Å². The summed E-state index contributed by atoms with van der Waals surface area (Å²) in [5, 5.41) is 19.0. The first kappa shape index (κ1) is 12.3. The van der Waals surface area contributed by atoms with E-state index in [1.54, 1.807) is 19.1 Å². The number of carbonyl (C=O) groups excluding carboxylic acids is 1. The van der Waals surface area contributed by atoms with Crippen LogP contribution in [0.5, 0.6) is 0 Å². The Labute approximate surface area is 99.1 Å². The van der Waals surface area contributed by atoms with Crippen molar-refractivity contribution in [2.75, 3.05) is 0 Å². The zero-order valence-corrected chi connectivity index (χ0v) is 9.63. The highest BCUT2D eigenvalue weighted by molar-refractivity contribution is 6.10. The van der Waals surface area contributed by atoms with E-state index in [9.17, 15) is 19.8 Å². The summed E-state index contributed by atoms with van der Waals surface area (Å²) in [5.41, 5.74) is -1.76. The van der Waals surface area contributed by atoms with Gasteiger partial charge in [-0.25, -0.2) is 4.79 Å². The lowest BCUT2D eigenvalue weighted by molar-refractivity contribution is -0.172. The summed E-state index contributed by atoms with van der Waals surface area (Å²) in [6, 6.07) is 0. The van der Waals surface area contributed by atoms with E-state index in [0.717, 1.165) is 0 Å². The van der Waals surface area contributed by atoms with Crippen LogP contribution in [0.4, 0.5) is 0 Å². The Morgan fingerprint density at radius 1 is 1.65 bits per heavy atom. The van der Waals surface area contributed by atoms with Crippen molar-refractivity contribution in [2.24, 2.45) is 5.92 Å². The van der Waals surface area contributed by atoms with Crippen molar-refractivity contribution in [3.63, 3.8) is 0 Å². The van der Waals surface area contributed by atoms with Gasteiger partial charge in [0.2, 0.25) is 5.60 Å². The zero-order chi connectivity index (χ0) is 12.6. The van der Waals surface area contributed by atoms with Crippen LogP contribution < -0.4 is 0 Å². The molecule has 0 radical (unpaired) electrons. The Bertz CT molecular complexity index is 375. The summed E-state index contributed by atoms with van der Waals surface area (Å²) in [4.78, 5) is 23.5. The smallest absolute Gasteiger partial charge is 0.343 e. The van der Waals surface area contributed by atoms with Crippen LogP contribution in [0.1, 0.15) is 26.2 Å². The van der Waals surface area contributed by atoms with Crippen molar-refractivity contribution in [3.05, 3.63) is 12.2 Å². The van der Waals surface area contributed by atoms with Gasteiger partial charge >= 0.3 is 5.97 Å². The molecule has 1 saturated heterocycles. The molecule has 2 N–H and O–H groups in total. The molecule has 0 aromatic carbocycles. The van der Waals surface area contributed by atoms with Crippen molar-refractivity contribution in [1.29, 1.82) is 0 Å². The Morgan fingerprint density at radius 3 is 2.88 bits per heavy atom. The molecule has 1 fully saturated rings. The van der Waals surface area contributed by atoms with Gasteiger partial charge in [-0.3, -0.25) is 4.79 Å². The lowest BCUT2D eigenvalue weighted by Gasteiger charge is -2.25. The maximum absolute atomic E-state index is 12.2. The average molecular weight is 240 g/mol. The fraction of sp³-hybridized carbons (Fsp3) is 0.667. The number of aliphatic hydroxyl groups excluding tert-OH is 1. The lowest BCUT2D eigenvalue weighted by atomic mass is 9.83. The monoisotopic (exact) mass is 240 g/mol. The normalized spacial score (nSPS) is 40.4. The molecule has 0 spiro atoms. The summed E-state index contributed by atoms with van der Waals surface area (Å²) >= 11 is 0. The highest BCUT2D eigenvalue weighted by Gasteiger charge is 2.60. The van der Waals surface area contributed by atoms with E-state index in [2.05, 4.69) is 0 Å². The predicted octanol–water partition coefficient (Wildman–Crippen LogP) is 0.515. The summed E-state index contributed by atoms with van der Waals surface area (Å²) in [7, 11) is 0. The molecule has 0 saturated carbocycles. The SMILES string of the molecule is CCCC1(C(=O)O)OC2C(O)CC=CC2C1=O. The van der Waals surface area contributed by atoms with E-state index in [1.165, 1.54) is 0 Å². The summed E-state index contributed by atoms with van der Waals surface area (Å²) in [6.45, 7) is 1.80. The van der Waals surface area contributed by atoms with Gasteiger partial charge in [-0.15, -0.1) is 0 Å². The predicted molar refractivity (Wildman–Crippen MR) is 58.4 cm³/mol. The lowest BCUT2D eigenvalue weighted by Crippen LogP contribution is -2.45. The standard InChI is InChI=1S/C12H16O5/c1-2-6-12(11(15)16)10(14)7-4-3-5-8(13)9(7)17-12/h3-4,7-9,13H,2,5-6H2,1H3,(H,15,16). The molecule has 0 aromatic rings. The highest BCUT2D eigenvalue weighted by Crippen LogP contribution is 2.40. The second-order valence-corrected chi connectivity index (χ2v) is 4.59. The van der Waals surface area contributed by atoms with Crippen molar-refractivity contribution < 1.29 is 24.5 Å². The van der Waals surface area contributed by atoms with Gasteiger partial charge in [-0.2, -0.15) is 0 Å². The van der Waals surface area contributed by atoms with Gasteiger partial charge in [0.05, 0.1) is 18.1 Å². The van der Waals surface area contributed by atoms with Crippen LogP contribution in [-0.4, -0.2) is 39.8 Å². The maximum atomic E-state index is 12.2. The van der Waals surface area contributed by atoms with Gasteiger partial charge in [0.15, 0.2) is 5.78 Å². The van der Waals surface area contributed by atoms with Crippen molar-refractivity contribution in [3.8, 4) is 0 Å². The van der Waals surface area contributed by atoms with Crippen molar-refractivity contribution >= 4 is 11.8 Å². The third-order valence-electron chi connectivity index (χ3n) is 3.44. The van der Waals surface area contributed by atoms with Crippen LogP contribution in [0.25, 0.3) is 0 Å². The van der Waals surface area contributed by atoms with Crippen LogP contribution in [0.15, 0.2) is 12.2 Å². The Hall–Kier alpha value is -1.20. The van der Waals surface area contributed by atoms with Gasteiger partial charge in [0, 0.05) is 0 Å². The number of rotatable bonds is 3. The number of Topliss-reactive ketones (excluding diaryl/α,β-unsaturated/α-hetero) is 1. The third-order valence-corrected chi connectivity index (χ3v) is 3.44. The van der Waals surface area contributed by atoms with Crippen LogP contribution in [0.2, 0.25) is 0 Å². The molecule has 1 aliphatic heterocycles. The Balaban J connectivity index is 2.36. The molecule has 0 amide bonds. The molecule has 0 aromatic heterocycles. The number of aliphatic carboxylic acids is 1. The van der Waals surface area contributed by atoms with Crippen LogP contribution in [-0.2, 0) is 14.3 Å². The fourth-order valence-corrected chi connectivity index (χ4v) is 2.59. The number of fused-ring (bicyclic) bond motifs is 1. The average Bonchev–Trinajstić information content (AvgIpc) is 2.57. The Kier molecular flexibility index (Phi) is 3.05. The molecule has 2 aliphatic rings. The molecular formula is C12H16O5. The van der Waals surface area contributed by atoms with Gasteiger partial charge in [-0.05, 0) is 12.8 Å². The molecule has 5 heteroatoms. The molecule has 0 bridgehead atoms. The maximum Gasteiger partial charge on any atom is 0.343 e. The van der Waals surface area contributed by atoms with Crippen LogP contribution in [0, 0.1) is 5.92 Å². The zero-order valence-electron chi connectivity index (χ0n) is 9.63. The number of ether oxygens (including phenoxy) is 1. The largest absolute Gasteiger partial charge is 0.479 e. The van der Waals surface area contributed by atoms with Gasteiger partial charge in [-0.1, -0.05) is 25.5 Å². The molecule has 4 unspecified atom stereocenters. The number of carbonyl (C=O) groups is 2. The van der Waals surface area contributed by atoms with Gasteiger partial charge < -0.3 is 14.9 Å². The van der Waals surface area contributed by atoms with E-state index >= 15 is 0 Å². The molecule has 1 aliphatic carbocycles. The number of hydrogen-bond acceptors (Lipinski definition) is 4. The molecule has 94 valence electrons. The van der Waals surface area contributed by atoms with E-state index in [-0.39, 0.29) is 6.42 Å². The third kappa shape index (κ3) is 1.70. The van der Waals surface area contributed by atoms with E-state index < -0.39 is 35.5 Å². The van der Waals surface area contributed by atoms with Gasteiger partial charge in [0.1, 0.15) is 0 Å². The summed E-state index contributed by atoms with van der Waals surface area (Å²) in [5.74, 6) is -2.31. The molecule has 5 nitrogen and oxygen atoms in total. The summed E-state index contributed by atoms with van der Waals surface area (Å²) < 4.78 is 5.43. The van der Waals surface area contributed by atoms with E-state index in [4.69, 9.17) is 4.74 Å². The van der Waals surface area contributed by atoms with Crippen LogP contribution in [0.3, 0.4) is 0 Å². The number of hydrogen-bond donors (Lipinski definition) is 2. The topological polar surface area (TPSA) is 83.8 Å². The fourth-order valence-electron chi connectivity index (χ4n) is 2.59. The molecular weight excluding hydrogens is 224 g/mol. The first-order valence-electron chi connectivity index (χ1n) is 5.83.